The van der Waals surface area contributed by atoms with Gasteiger partial charge in [0.1, 0.15) is 0 Å². The van der Waals surface area contributed by atoms with Gasteiger partial charge in [-0.2, -0.15) is 0 Å². The summed E-state index contributed by atoms with van der Waals surface area (Å²) >= 11 is 6.10. The van der Waals surface area contributed by atoms with Crippen LogP contribution in [0, 0.1) is 0 Å². The fraction of sp³-hybridized carbons (Fsp3) is 0.417. The summed E-state index contributed by atoms with van der Waals surface area (Å²) in [6.07, 6.45) is 0.813. The van der Waals surface area contributed by atoms with Crippen molar-refractivity contribution in [2.45, 2.75) is 25.9 Å². The number of hydrogen-bond donors (Lipinski definition) is 1. The number of nitrogens with two attached hydrogens (primary N) is 1. The molecule has 1 aromatic carbocycles. The summed E-state index contributed by atoms with van der Waals surface area (Å²) in [5.74, 6) is 0.00521. The molecule has 0 aliphatic carbocycles. The smallest absolute Gasteiger partial charge is 0.239 e. The Morgan fingerprint density at radius 2 is 2.24 bits per heavy atom. The highest BCUT2D eigenvalue weighted by Gasteiger charge is 2.23. The van der Waals surface area contributed by atoms with Crippen molar-refractivity contribution in [3.05, 3.63) is 34.3 Å². The SMILES string of the molecule is C[C@@H](N)C(=O)N1CCc2c(Cl)cccc2C1.Cl. The van der Waals surface area contributed by atoms with Crippen LogP contribution >= 0.6 is 24.0 Å². The molecule has 1 aromatic rings. The molecule has 2 N–H and O–H groups in total. The number of rotatable bonds is 1. The molecule has 2 rings (SSSR count). The van der Waals surface area contributed by atoms with Crippen LogP contribution in [0.15, 0.2) is 18.2 Å². The molecule has 0 fully saturated rings. The van der Waals surface area contributed by atoms with Crippen LogP contribution in [0.3, 0.4) is 0 Å². The van der Waals surface area contributed by atoms with Crippen LogP contribution in [0.5, 0.6) is 0 Å². The normalized spacial score (nSPS) is 15.8. The highest BCUT2D eigenvalue weighted by atomic mass is 35.5. The lowest BCUT2D eigenvalue weighted by Gasteiger charge is -2.30. The van der Waals surface area contributed by atoms with Gasteiger partial charge >= 0.3 is 0 Å². The third-order valence-corrected chi connectivity index (χ3v) is 3.26. The minimum Gasteiger partial charge on any atom is -0.337 e. The molecule has 1 atom stereocenters. The third kappa shape index (κ3) is 2.92. The molecule has 1 amide bonds. The third-order valence-electron chi connectivity index (χ3n) is 2.91. The van der Waals surface area contributed by atoms with E-state index in [0.29, 0.717) is 13.1 Å². The summed E-state index contributed by atoms with van der Waals surface area (Å²) in [6.45, 7) is 3.04. The monoisotopic (exact) mass is 274 g/mol. The number of nitrogens with zero attached hydrogens (tertiary/aromatic N) is 1. The molecule has 5 heteroatoms. The molecule has 0 bridgehead atoms. The Labute approximate surface area is 112 Å². The fourth-order valence-electron chi connectivity index (χ4n) is 2.04. The van der Waals surface area contributed by atoms with Crippen molar-refractivity contribution < 1.29 is 4.79 Å². The van der Waals surface area contributed by atoms with E-state index in [4.69, 9.17) is 17.3 Å². The Balaban J connectivity index is 0.00000144. The van der Waals surface area contributed by atoms with Gasteiger partial charge in [-0.25, -0.2) is 0 Å². The van der Waals surface area contributed by atoms with Gasteiger partial charge < -0.3 is 10.6 Å². The lowest BCUT2D eigenvalue weighted by molar-refractivity contribution is -0.133. The molecule has 1 heterocycles. The average Bonchev–Trinajstić information content (AvgIpc) is 2.28. The minimum atomic E-state index is -0.430. The summed E-state index contributed by atoms with van der Waals surface area (Å²) in [5.41, 5.74) is 7.90. The number of carbonyl (C=O) groups is 1. The van der Waals surface area contributed by atoms with E-state index in [1.165, 1.54) is 0 Å². The van der Waals surface area contributed by atoms with E-state index < -0.39 is 6.04 Å². The van der Waals surface area contributed by atoms with Crippen molar-refractivity contribution in [2.24, 2.45) is 5.73 Å². The highest BCUT2D eigenvalue weighted by Crippen LogP contribution is 2.25. The number of carbonyl (C=O) groups excluding carboxylic acids is 1. The second kappa shape index (κ2) is 5.71. The minimum absolute atomic E-state index is 0. The molecular formula is C12H16Cl2N2O. The van der Waals surface area contributed by atoms with E-state index in [9.17, 15) is 4.79 Å². The molecule has 0 saturated heterocycles. The number of amides is 1. The van der Waals surface area contributed by atoms with Crippen molar-refractivity contribution in [1.82, 2.24) is 4.90 Å². The van der Waals surface area contributed by atoms with Crippen LogP contribution in [0.1, 0.15) is 18.1 Å². The average molecular weight is 275 g/mol. The summed E-state index contributed by atoms with van der Waals surface area (Å²) < 4.78 is 0. The van der Waals surface area contributed by atoms with Crippen molar-refractivity contribution in [1.29, 1.82) is 0 Å². The van der Waals surface area contributed by atoms with Gasteiger partial charge in [0.2, 0.25) is 5.91 Å². The molecule has 17 heavy (non-hydrogen) atoms. The Morgan fingerprint density at radius 3 is 2.88 bits per heavy atom. The van der Waals surface area contributed by atoms with Gasteiger partial charge in [-0.1, -0.05) is 23.7 Å². The van der Waals surface area contributed by atoms with Gasteiger partial charge in [0.05, 0.1) is 6.04 Å². The van der Waals surface area contributed by atoms with Crippen molar-refractivity contribution in [3.63, 3.8) is 0 Å². The molecule has 0 spiro atoms. The van der Waals surface area contributed by atoms with Crippen LogP contribution in [0.4, 0.5) is 0 Å². The lowest BCUT2D eigenvalue weighted by Crippen LogP contribution is -2.44. The number of fused-ring (bicyclic) bond motifs is 1. The van der Waals surface area contributed by atoms with Gasteiger partial charge in [0.15, 0.2) is 0 Å². The second-order valence-electron chi connectivity index (χ2n) is 4.18. The summed E-state index contributed by atoms with van der Waals surface area (Å²) in [7, 11) is 0. The van der Waals surface area contributed by atoms with Gasteiger partial charge in [0.25, 0.3) is 0 Å². The second-order valence-corrected chi connectivity index (χ2v) is 4.58. The molecule has 0 radical (unpaired) electrons. The van der Waals surface area contributed by atoms with E-state index in [2.05, 4.69) is 0 Å². The molecule has 94 valence electrons. The molecule has 0 aromatic heterocycles. The molecule has 0 saturated carbocycles. The van der Waals surface area contributed by atoms with Crippen molar-refractivity contribution in [2.75, 3.05) is 6.54 Å². The van der Waals surface area contributed by atoms with E-state index in [1.54, 1.807) is 11.8 Å². The maximum Gasteiger partial charge on any atom is 0.239 e. The standard InChI is InChI=1S/C12H15ClN2O.ClH/c1-8(14)12(16)15-6-5-10-9(7-15)3-2-4-11(10)13;/h2-4,8H,5-7,14H2,1H3;1H/t8-;/m1./s1. The Morgan fingerprint density at radius 1 is 1.53 bits per heavy atom. The van der Waals surface area contributed by atoms with Gasteiger partial charge in [-0.05, 0) is 30.5 Å². The van der Waals surface area contributed by atoms with E-state index in [1.807, 2.05) is 18.2 Å². The number of halogens is 2. The quantitative estimate of drug-likeness (QED) is 0.852. The van der Waals surface area contributed by atoms with Gasteiger partial charge in [-0.15, -0.1) is 12.4 Å². The molecular weight excluding hydrogens is 259 g/mol. The largest absolute Gasteiger partial charge is 0.337 e. The first kappa shape index (κ1) is 14.3. The number of hydrogen-bond acceptors (Lipinski definition) is 2. The summed E-state index contributed by atoms with van der Waals surface area (Å²) in [4.78, 5) is 13.6. The van der Waals surface area contributed by atoms with Crippen LogP contribution in [0.25, 0.3) is 0 Å². The molecule has 1 aliphatic heterocycles. The first-order valence-corrected chi connectivity index (χ1v) is 5.78. The van der Waals surface area contributed by atoms with Crippen LogP contribution in [-0.4, -0.2) is 23.4 Å². The maximum absolute atomic E-state index is 11.8. The van der Waals surface area contributed by atoms with E-state index in [0.717, 1.165) is 22.6 Å². The Hall–Kier alpha value is -0.770. The topological polar surface area (TPSA) is 46.3 Å². The predicted molar refractivity (Wildman–Crippen MR) is 71.5 cm³/mol. The first-order valence-electron chi connectivity index (χ1n) is 5.40. The zero-order valence-corrected chi connectivity index (χ0v) is 11.2. The van der Waals surface area contributed by atoms with Crippen molar-refractivity contribution in [3.8, 4) is 0 Å². The zero-order chi connectivity index (χ0) is 11.7. The van der Waals surface area contributed by atoms with Crippen molar-refractivity contribution >= 4 is 29.9 Å². The van der Waals surface area contributed by atoms with Crippen LogP contribution in [0.2, 0.25) is 5.02 Å². The highest BCUT2D eigenvalue weighted by molar-refractivity contribution is 6.31. The molecule has 3 nitrogen and oxygen atoms in total. The summed E-state index contributed by atoms with van der Waals surface area (Å²) in [5, 5.41) is 0.797. The van der Waals surface area contributed by atoms with Crippen LogP contribution in [-0.2, 0) is 17.8 Å². The van der Waals surface area contributed by atoms with Gasteiger partial charge in [-0.3, -0.25) is 4.79 Å². The van der Waals surface area contributed by atoms with E-state index >= 15 is 0 Å². The maximum atomic E-state index is 11.8. The molecule has 0 unspecified atom stereocenters. The summed E-state index contributed by atoms with van der Waals surface area (Å²) in [6, 6.07) is 5.40. The number of benzene rings is 1. The predicted octanol–water partition coefficient (Wildman–Crippen LogP) is 1.99. The first-order chi connectivity index (χ1) is 7.59. The molecule has 1 aliphatic rings. The van der Waals surface area contributed by atoms with Gasteiger partial charge in [0, 0.05) is 18.1 Å². The fourth-order valence-corrected chi connectivity index (χ4v) is 2.33. The zero-order valence-electron chi connectivity index (χ0n) is 9.65. The van der Waals surface area contributed by atoms with Crippen LogP contribution < -0.4 is 5.73 Å². The van der Waals surface area contributed by atoms with E-state index in [-0.39, 0.29) is 18.3 Å². The lowest BCUT2D eigenvalue weighted by atomic mass is 9.99. The Bertz CT molecular complexity index is 421. The Kier molecular flexibility index (Phi) is 4.80.